The quantitative estimate of drug-likeness (QED) is 0.716. The molecule has 0 bridgehead atoms. The summed E-state index contributed by atoms with van der Waals surface area (Å²) >= 11 is 0. The predicted octanol–water partition coefficient (Wildman–Crippen LogP) is 3.03. The van der Waals surface area contributed by atoms with E-state index in [9.17, 15) is 0 Å². The summed E-state index contributed by atoms with van der Waals surface area (Å²) in [4.78, 5) is 2.78. The van der Waals surface area contributed by atoms with Gasteiger partial charge in [0.2, 0.25) is 0 Å². The van der Waals surface area contributed by atoms with Gasteiger partial charge in [0.15, 0.2) is 0 Å². The van der Waals surface area contributed by atoms with Crippen molar-refractivity contribution in [3.05, 3.63) is 0 Å². The van der Waals surface area contributed by atoms with Gasteiger partial charge < -0.3 is 5.32 Å². The molecule has 1 unspecified atom stereocenters. The van der Waals surface area contributed by atoms with Crippen LogP contribution in [-0.2, 0) is 0 Å². The summed E-state index contributed by atoms with van der Waals surface area (Å²) in [7, 11) is 0. The average molecular weight is 238 g/mol. The van der Waals surface area contributed by atoms with E-state index in [2.05, 4.69) is 17.1 Å². The summed E-state index contributed by atoms with van der Waals surface area (Å²) in [6.45, 7) is 7.41. The Morgan fingerprint density at radius 1 is 1.06 bits per heavy atom. The first kappa shape index (κ1) is 13.4. The third kappa shape index (κ3) is 4.26. The van der Waals surface area contributed by atoms with Crippen LogP contribution in [0.25, 0.3) is 0 Å². The molecule has 0 aromatic rings. The van der Waals surface area contributed by atoms with Crippen molar-refractivity contribution < 1.29 is 0 Å². The van der Waals surface area contributed by atoms with Crippen LogP contribution in [0.2, 0.25) is 0 Å². The Hall–Kier alpha value is -0.0800. The van der Waals surface area contributed by atoms with Crippen molar-refractivity contribution in [2.24, 2.45) is 5.92 Å². The second-order valence-corrected chi connectivity index (χ2v) is 6.00. The van der Waals surface area contributed by atoms with Gasteiger partial charge in [-0.2, -0.15) is 0 Å². The summed E-state index contributed by atoms with van der Waals surface area (Å²) in [6.07, 6.45) is 11.5. The summed E-state index contributed by atoms with van der Waals surface area (Å²) < 4.78 is 0. The second kappa shape index (κ2) is 7.38. The summed E-state index contributed by atoms with van der Waals surface area (Å²) in [5, 5.41) is 3.60. The van der Waals surface area contributed by atoms with E-state index in [1.165, 1.54) is 77.5 Å². The fourth-order valence-electron chi connectivity index (χ4n) is 3.51. The number of hydrogen-bond acceptors (Lipinski definition) is 2. The van der Waals surface area contributed by atoms with Gasteiger partial charge in [0, 0.05) is 19.1 Å². The van der Waals surface area contributed by atoms with Crippen LogP contribution < -0.4 is 5.32 Å². The molecule has 2 rings (SSSR count). The van der Waals surface area contributed by atoms with E-state index < -0.39 is 0 Å². The van der Waals surface area contributed by atoms with Crippen LogP contribution in [0.5, 0.6) is 0 Å². The molecule has 1 atom stereocenters. The number of nitrogens with zero attached hydrogens (tertiary/aromatic N) is 1. The standard InChI is InChI=1S/C15H30N2/c1-2-10-16-12-15-9-6-11-17(15)13-14-7-4-3-5-8-14/h14-16H,2-13H2,1H3. The number of nitrogens with one attached hydrogen (secondary N) is 1. The molecule has 100 valence electrons. The molecule has 0 aromatic carbocycles. The van der Waals surface area contributed by atoms with E-state index in [1.807, 2.05) is 0 Å². The van der Waals surface area contributed by atoms with E-state index in [4.69, 9.17) is 0 Å². The fraction of sp³-hybridized carbons (Fsp3) is 1.00. The topological polar surface area (TPSA) is 15.3 Å². The van der Waals surface area contributed by atoms with Crippen LogP contribution in [0.3, 0.4) is 0 Å². The van der Waals surface area contributed by atoms with Gasteiger partial charge in [0.25, 0.3) is 0 Å². The molecule has 1 aliphatic heterocycles. The SMILES string of the molecule is CCCNCC1CCCN1CC1CCCCC1. The molecule has 2 fully saturated rings. The van der Waals surface area contributed by atoms with Crippen LogP contribution in [0, 0.1) is 5.92 Å². The fourth-order valence-corrected chi connectivity index (χ4v) is 3.51. The largest absolute Gasteiger partial charge is 0.315 e. The van der Waals surface area contributed by atoms with E-state index in [-0.39, 0.29) is 0 Å². The third-order valence-corrected chi connectivity index (χ3v) is 4.52. The van der Waals surface area contributed by atoms with Crippen LogP contribution in [0.15, 0.2) is 0 Å². The summed E-state index contributed by atoms with van der Waals surface area (Å²) in [6, 6.07) is 0.837. The lowest BCUT2D eigenvalue weighted by Gasteiger charge is -2.31. The Morgan fingerprint density at radius 3 is 2.65 bits per heavy atom. The molecule has 0 amide bonds. The van der Waals surface area contributed by atoms with E-state index in [0.717, 1.165) is 12.0 Å². The van der Waals surface area contributed by atoms with Crippen LogP contribution in [0.1, 0.15) is 58.3 Å². The molecule has 2 nitrogen and oxygen atoms in total. The highest BCUT2D eigenvalue weighted by Crippen LogP contribution is 2.27. The smallest absolute Gasteiger partial charge is 0.0221 e. The van der Waals surface area contributed by atoms with Gasteiger partial charge in [-0.05, 0) is 51.1 Å². The highest BCUT2D eigenvalue weighted by Gasteiger charge is 2.26. The third-order valence-electron chi connectivity index (χ3n) is 4.52. The molecule has 2 aliphatic rings. The second-order valence-electron chi connectivity index (χ2n) is 6.00. The van der Waals surface area contributed by atoms with Gasteiger partial charge >= 0.3 is 0 Å². The number of likely N-dealkylation sites (tertiary alicyclic amines) is 1. The molecule has 1 heterocycles. The Bertz CT molecular complexity index is 199. The highest BCUT2D eigenvalue weighted by atomic mass is 15.2. The van der Waals surface area contributed by atoms with Crippen LogP contribution in [0.4, 0.5) is 0 Å². The molecular formula is C15H30N2. The van der Waals surface area contributed by atoms with Crippen molar-refractivity contribution in [1.29, 1.82) is 0 Å². The van der Waals surface area contributed by atoms with Gasteiger partial charge in [-0.1, -0.05) is 26.2 Å². The van der Waals surface area contributed by atoms with Crippen molar-refractivity contribution in [2.45, 2.75) is 64.3 Å². The van der Waals surface area contributed by atoms with E-state index in [0.29, 0.717) is 0 Å². The molecule has 0 radical (unpaired) electrons. The van der Waals surface area contributed by atoms with Gasteiger partial charge in [0.1, 0.15) is 0 Å². The zero-order chi connectivity index (χ0) is 11.9. The number of rotatable bonds is 6. The lowest BCUT2D eigenvalue weighted by atomic mass is 9.89. The molecule has 2 heteroatoms. The van der Waals surface area contributed by atoms with Gasteiger partial charge in [-0.3, -0.25) is 4.90 Å². The average Bonchev–Trinajstić information content (AvgIpc) is 2.79. The molecule has 17 heavy (non-hydrogen) atoms. The molecule has 0 spiro atoms. The molecule has 1 saturated carbocycles. The zero-order valence-corrected chi connectivity index (χ0v) is 11.6. The Labute approximate surface area is 107 Å². The van der Waals surface area contributed by atoms with Crippen molar-refractivity contribution in [3.8, 4) is 0 Å². The Kier molecular flexibility index (Phi) is 5.79. The minimum atomic E-state index is 0.837. The maximum atomic E-state index is 3.60. The first-order valence-electron chi connectivity index (χ1n) is 7.85. The lowest BCUT2D eigenvalue weighted by molar-refractivity contribution is 0.185. The first-order valence-corrected chi connectivity index (χ1v) is 7.85. The monoisotopic (exact) mass is 238 g/mol. The van der Waals surface area contributed by atoms with Gasteiger partial charge in [-0.25, -0.2) is 0 Å². The van der Waals surface area contributed by atoms with Crippen molar-refractivity contribution >= 4 is 0 Å². The molecule has 0 aromatic heterocycles. The summed E-state index contributed by atoms with van der Waals surface area (Å²) in [5.41, 5.74) is 0. The van der Waals surface area contributed by atoms with Crippen molar-refractivity contribution in [1.82, 2.24) is 10.2 Å². The zero-order valence-electron chi connectivity index (χ0n) is 11.6. The first-order chi connectivity index (χ1) is 8.40. The van der Waals surface area contributed by atoms with E-state index in [1.54, 1.807) is 0 Å². The van der Waals surface area contributed by atoms with Gasteiger partial charge in [-0.15, -0.1) is 0 Å². The van der Waals surface area contributed by atoms with Crippen LogP contribution in [-0.4, -0.2) is 37.1 Å². The minimum absolute atomic E-state index is 0.837. The van der Waals surface area contributed by atoms with Crippen molar-refractivity contribution in [2.75, 3.05) is 26.2 Å². The summed E-state index contributed by atoms with van der Waals surface area (Å²) in [5.74, 6) is 1.01. The molecule has 1 aliphatic carbocycles. The maximum absolute atomic E-state index is 3.60. The van der Waals surface area contributed by atoms with E-state index >= 15 is 0 Å². The van der Waals surface area contributed by atoms with Crippen LogP contribution >= 0.6 is 0 Å². The number of hydrogen-bond donors (Lipinski definition) is 1. The Morgan fingerprint density at radius 2 is 1.88 bits per heavy atom. The van der Waals surface area contributed by atoms with Crippen molar-refractivity contribution in [3.63, 3.8) is 0 Å². The maximum Gasteiger partial charge on any atom is 0.0221 e. The highest BCUT2D eigenvalue weighted by molar-refractivity contribution is 4.83. The molecular weight excluding hydrogens is 208 g/mol. The Balaban J connectivity index is 1.70. The molecule has 1 saturated heterocycles. The molecule has 1 N–H and O–H groups in total. The predicted molar refractivity (Wildman–Crippen MR) is 74.3 cm³/mol. The minimum Gasteiger partial charge on any atom is -0.315 e. The normalized spacial score (nSPS) is 27.7. The van der Waals surface area contributed by atoms with Gasteiger partial charge in [0.05, 0.1) is 0 Å². The lowest BCUT2D eigenvalue weighted by Crippen LogP contribution is -2.40.